The molecule has 1 unspecified atom stereocenters. The Morgan fingerprint density at radius 2 is 1.87 bits per heavy atom. The smallest absolute Gasteiger partial charge is 0.267 e. The van der Waals surface area contributed by atoms with Crippen LogP contribution in [0.1, 0.15) is 31.2 Å². The summed E-state index contributed by atoms with van der Waals surface area (Å²) in [4.78, 5) is 26.1. The van der Waals surface area contributed by atoms with Crippen molar-refractivity contribution in [2.24, 2.45) is 0 Å². The molecule has 2 heterocycles. The number of nitrogens with one attached hydrogen (secondary N) is 1. The number of benzene rings is 2. The lowest BCUT2D eigenvalue weighted by Gasteiger charge is -2.15. The summed E-state index contributed by atoms with van der Waals surface area (Å²) >= 11 is 7.03. The Labute approximate surface area is 184 Å². The minimum Gasteiger partial charge on any atom is -0.320 e. The molecule has 0 radical (unpaired) electrons. The van der Waals surface area contributed by atoms with E-state index >= 15 is 0 Å². The number of fused-ring (bicyclic) bond motifs is 1. The van der Waals surface area contributed by atoms with Crippen LogP contribution in [0.5, 0.6) is 0 Å². The van der Waals surface area contributed by atoms with Gasteiger partial charge >= 0.3 is 0 Å². The van der Waals surface area contributed by atoms with E-state index in [1.54, 1.807) is 30.3 Å². The third-order valence-electron chi connectivity index (χ3n) is 4.52. The van der Waals surface area contributed by atoms with E-state index < -0.39 is 11.0 Å². The number of carbonyl (C=O) groups excluding carboxylic acids is 2. The molecule has 0 fully saturated rings. The number of carbonyl (C=O) groups is 2. The molecule has 9 heteroatoms. The maximum Gasteiger partial charge on any atom is 0.267 e. The highest BCUT2D eigenvalue weighted by Gasteiger charge is 2.37. The van der Waals surface area contributed by atoms with Gasteiger partial charge in [0.1, 0.15) is 0 Å². The summed E-state index contributed by atoms with van der Waals surface area (Å²) in [7, 11) is -1.76. The predicted molar refractivity (Wildman–Crippen MR) is 116 cm³/mol. The average Bonchev–Trinajstić information content (AvgIpc) is 3.27. The lowest BCUT2D eigenvalue weighted by molar-refractivity contribution is 0.0868. The summed E-state index contributed by atoms with van der Waals surface area (Å²) in [5.74, 6) is -0.740. The minimum atomic E-state index is -1.76. The molecule has 0 aliphatic carbocycles. The van der Waals surface area contributed by atoms with Crippen LogP contribution in [0.2, 0.25) is 4.34 Å². The second-order valence-corrected chi connectivity index (χ2v) is 9.54. The van der Waals surface area contributed by atoms with Gasteiger partial charge in [0.2, 0.25) is 0 Å². The van der Waals surface area contributed by atoms with E-state index in [1.165, 1.54) is 4.31 Å². The first-order valence-electron chi connectivity index (χ1n) is 8.86. The number of rotatable bonds is 5. The first kappa shape index (κ1) is 20.3. The predicted octanol–water partition coefficient (Wildman–Crippen LogP) is 4.40. The molecule has 1 atom stereocenters. The largest absolute Gasteiger partial charge is 0.320 e. The quantitative estimate of drug-likeness (QED) is 0.617. The molecule has 1 aromatic heterocycles. The highest BCUT2D eigenvalue weighted by molar-refractivity contribution is 7.84. The van der Waals surface area contributed by atoms with Crippen molar-refractivity contribution in [3.05, 3.63) is 80.5 Å². The van der Waals surface area contributed by atoms with Crippen molar-refractivity contribution in [1.29, 1.82) is 5.26 Å². The highest BCUT2D eigenvalue weighted by atomic mass is 35.5. The zero-order valence-corrected chi connectivity index (χ0v) is 17.8. The van der Waals surface area contributed by atoms with Crippen LogP contribution in [0, 0.1) is 11.3 Å². The van der Waals surface area contributed by atoms with Gasteiger partial charge in [-0.15, -0.1) is 11.3 Å². The van der Waals surface area contributed by atoms with Gasteiger partial charge in [0, 0.05) is 0 Å². The van der Waals surface area contributed by atoms with Crippen molar-refractivity contribution in [1.82, 2.24) is 4.31 Å². The second kappa shape index (κ2) is 8.40. The molecule has 2 amide bonds. The number of nitriles is 1. The maximum atomic E-state index is 13.1. The molecule has 1 aliphatic rings. The van der Waals surface area contributed by atoms with E-state index in [9.17, 15) is 13.8 Å². The third-order valence-corrected chi connectivity index (χ3v) is 7.24. The summed E-state index contributed by atoms with van der Waals surface area (Å²) < 4.78 is 14.9. The normalized spacial score (nSPS) is 15.0. The van der Waals surface area contributed by atoms with Gasteiger partial charge in [0.25, 0.3) is 11.8 Å². The summed E-state index contributed by atoms with van der Waals surface area (Å²) in [6, 6.07) is 17.4. The van der Waals surface area contributed by atoms with Gasteiger partial charge in [-0.1, -0.05) is 41.9 Å². The van der Waals surface area contributed by atoms with E-state index in [4.69, 9.17) is 16.9 Å². The first-order valence-corrected chi connectivity index (χ1v) is 11.2. The summed E-state index contributed by atoms with van der Waals surface area (Å²) in [5, 5.41) is 11.5. The van der Waals surface area contributed by atoms with E-state index in [0.717, 1.165) is 22.5 Å². The molecular formula is C21H14ClN3O3S2. The minimum absolute atomic E-state index is 0.154. The monoisotopic (exact) mass is 455 g/mol. The molecular weight excluding hydrogens is 442 g/mol. The Bertz CT molecular complexity index is 1210. The van der Waals surface area contributed by atoms with Gasteiger partial charge in [-0.3, -0.25) is 9.59 Å². The van der Waals surface area contributed by atoms with E-state index in [2.05, 4.69) is 11.4 Å². The molecule has 0 spiro atoms. The number of amides is 2. The Kier molecular flexibility index (Phi) is 5.68. The molecule has 3 aromatic rings. The fourth-order valence-corrected chi connectivity index (χ4v) is 5.41. The van der Waals surface area contributed by atoms with Gasteiger partial charge in [-0.05, 0) is 35.4 Å². The standard InChI is InChI=1S/C21H14ClN3O3S2/c22-18-9-8-17(29-18)20(26)24-16-3-1-2-15-19(16)30(28)25(21(15)27)12-14-6-4-13(5-7-14)10-11-23/h1-9H,10,12H2,(H,24,26). The third kappa shape index (κ3) is 3.87. The Hall–Kier alpha value is -2.99. The molecule has 4 rings (SSSR count). The van der Waals surface area contributed by atoms with Crippen LogP contribution in [-0.4, -0.2) is 20.3 Å². The Balaban J connectivity index is 1.58. The van der Waals surface area contributed by atoms with Gasteiger partial charge < -0.3 is 5.32 Å². The second-order valence-electron chi connectivity index (χ2n) is 6.48. The van der Waals surface area contributed by atoms with Crippen molar-refractivity contribution < 1.29 is 13.8 Å². The van der Waals surface area contributed by atoms with Crippen LogP contribution in [0.15, 0.2) is 59.5 Å². The van der Waals surface area contributed by atoms with Crippen LogP contribution in [-0.2, 0) is 24.0 Å². The Morgan fingerprint density at radius 1 is 1.13 bits per heavy atom. The van der Waals surface area contributed by atoms with Crippen molar-refractivity contribution in [3.63, 3.8) is 0 Å². The van der Waals surface area contributed by atoms with Crippen molar-refractivity contribution in [2.45, 2.75) is 17.9 Å². The fraction of sp³-hybridized carbons (Fsp3) is 0.0952. The Morgan fingerprint density at radius 3 is 2.53 bits per heavy atom. The number of anilines is 1. The number of halogens is 1. The molecule has 1 N–H and O–H groups in total. The van der Waals surface area contributed by atoms with Crippen molar-refractivity contribution in [3.8, 4) is 6.07 Å². The molecule has 150 valence electrons. The number of hydrogen-bond acceptors (Lipinski definition) is 5. The van der Waals surface area contributed by atoms with E-state index in [1.807, 2.05) is 24.3 Å². The lowest BCUT2D eigenvalue weighted by atomic mass is 10.1. The number of hydrogen-bond donors (Lipinski definition) is 1. The van der Waals surface area contributed by atoms with E-state index in [0.29, 0.717) is 31.8 Å². The topological polar surface area (TPSA) is 90.3 Å². The van der Waals surface area contributed by atoms with Gasteiger partial charge in [-0.25, -0.2) is 8.51 Å². The first-order chi connectivity index (χ1) is 14.5. The van der Waals surface area contributed by atoms with Crippen LogP contribution in [0.25, 0.3) is 0 Å². The van der Waals surface area contributed by atoms with E-state index in [-0.39, 0.29) is 18.4 Å². The maximum absolute atomic E-state index is 13.1. The molecule has 0 saturated carbocycles. The summed E-state index contributed by atoms with van der Waals surface area (Å²) in [5.41, 5.74) is 2.30. The SMILES string of the molecule is N#CCc1ccc(CN2C(=O)c3cccc(NC(=O)c4ccc(Cl)s4)c3S2=O)cc1. The highest BCUT2D eigenvalue weighted by Crippen LogP contribution is 2.35. The molecule has 30 heavy (non-hydrogen) atoms. The molecule has 0 saturated heterocycles. The average molecular weight is 456 g/mol. The van der Waals surface area contributed by atoms with Crippen LogP contribution < -0.4 is 5.32 Å². The van der Waals surface area contributed by atoms with Gasteiger partial charge in [0.15, 0.2) is 11.0 Å². The van der Waals surface area contributed by atoms with Crippen LogP contribution in [0.3, 0.4) is 0 Å². The lowest BCUT2D eigenvalue weighted by Crippen LogP contribution is -2.25. The number of nitrogens with zero attached hydrogens (tertiary/aromatic N) is 2. The van der Waals surface area contributed by atoms with Crippen molar-refractivity contribution in [2.75, 3.05) is 5.32 Å². The number of thiophene rings is 1. The zero-order chi connectivity index (χ0) is 21.3. The van der Waals surface area contributed by atoms with Gasteiger partial charge in [0.05, 0.1) is 44.4 Å². The van der Waals surface area contributed by atoms with Crippen LogP contribution in [0.4, 0.5) is 5.69 Å². The molecule has 6 nitrogen and oxygen atoms in total. The molecule has 1 aliphatic heterocycles. The van der Waals surface area contributed by atoms with Crippen LogP contribution >= 0.6 is 22.9 Å². The van der Waals surface area contributed by atoms with Gasteiger partial charge in [-0.2, -0.15) is 5.26 Å². The molecule has 0 bridgehead atoms. The van der Waals surface area contributed by atoms with Crippen molar-refractivity contribution >= 4 is 51.4 Å². The zero-order valence-electron chi connectivity index (χ0n) is 15.4. The fourth-order valence-electron chi connectivity index (χ4n) is 3.08. The molecule has 2 aromatic carbocycles. The summed E-state index contributed by atoms with van der Waals surface area (Å²) in [6.07, 6.45) is 0.304. The summed E-state index contributed by atoms with van der Waals surface area (Å²) in [6.45, 7) is 0.154.